The molecule has 0 saturated heterocycles. The Labute approximate surface area is 125 Å². The molecule has 2 N–H and O–H groups in total. The zero-order valence-electron chi connectivity index (χ0n) is 12.6. The molecule has 4 nitrogen and oxygen atoms in total. The molecule has 0 radical (unpaired) electrons. The van der Waals surface area contributed by atoms with Crippen LogP contribution in [-0.4, -0.2) is 20.8 Å². The number of hydrogen-bond acceptors (Lipinski definition) is 4. The number of nitrogen functional groups attached to an aromatic ring is 1. The van der Waals surface area contributed by atoms with Crippen LogP contribution >= 0.6 is 0 Å². The smallest absolute Gasteiger partial charge is 0.161 e. The zero-order valence-corrected chi connectivity index (χ0v) is 12.6. The molecule has 2 aromatic carbocycles. The Balaban J connectivity index is 2.26. The number of nitrogens with zero attached hydrogens (tertiary/aromatic N) is 1. The molecule has 0 saturated carbocycles. The van der Waals surface area contributed by atoms with Gasteiger partial charge in [0, 0.05) is 18.7 Å². The van der Waals surface area contributed by atoms with Gasteiger partial charge in [-0.2, -0.15) is 0 Å². The van der Waals surface area contributed by atoms with Crippen molar-refractivity contribution < 1.29 is 9.47 Å². The lowest BCUT2D eigenvalue weighted by molar-refractivity contribution is 0.354. The molecule has 1 heterocycles. The third kappa shape index (κ3) is 2.07. The van der Waals surface area contributed by atoms with Crippen LogP contribution in [0.5, 0.6) is 11.5 Å². The lowest BCUT2D eigenvalue weighted by Gasteiger charge is -2.33. The van der Waals surface area contributed by atoms with E-state index in [4.69, 9.17) is 15.2 Å². The number of para-hydroxylation sites is 1. The molecule has 1 aliphatic rings. The molecule has 0 spiro atoms. The molecule has 4 heteroatoms. The highest BCUT2D eigenvalue weighted by Crippen LogP contribution is 2.45. The van der Waals surface area contributed by atoms with E-state index in [9.17, 15) is 0 Å². The number of hydrogen-bond donors (Lipinski definition) is 1. The second-order valence-electron chi connectivity index (χ2n) is 5.12. The van der Waals surface area contributed by atoms with Crippen LogP contribution in [-0.2, 0) is 6.54 Å². The molecule has 2 aromatic rings. The van der Waals surface area contributed by atoms with Crippen LogP contribution in [0.2, 0.25) is 0 Å². The van der Waals surface area contributed by atoms with E-state index >= 15 is 0 Å². The van der Waals surface area contributed by atoms with E-state index in [0.717, 1.165) is 41.5 Å². The van der Waals surface area contributed by atoms with Crippen LogP contribution in [0.3, 0.4) is 0 Å². The summed E-state index contributed by atoms with van der Waals surface area (Å²) in [5, 5.41) is 0. The average molecular weight is 284 g/mol. The summed E-state index contributed by atoms with van der Waals surface area (Å²) < 4.78 is 10.8. The van der Waals surface area contributed by atoms with Crippen molar-refractivity contribution in [3.05, 3.63) is 35.9 Å². The molecule has 0 fully saturated rings. The zero-order chi connectivity index (χ0) is 15.0. The van der Waals surface area contributed by atoms with Gasteiger partial charge in [-0.3, -0.25) is 0 Å². The summed E-state index contributed by atoms with van der Waals surface area (Å²) >= 11 is 0. The molecule has 1 aliphatic heterocycles. The third-order valence-electron chi connectivity index (χ3n) is 4.03. The first-order valence-corrected chi connectivity index (χ1v) is 7.08. The predicted octanol–water partition coefficient (Wildman–Crippen LogP) is 3.29. The SMILES string of the molecule is CCN1Cc2cc(OC)c(OC)cc2-c2cccc(N)c21. The lowest BCUT2D eigenvalue weighted by Crippen LogP contribution is -2.27. The van der Waals surface area contributed by atoms with Gasteiger partial charge in [0.2, 0.25) is 0 Å². The number of rotatable bonds is 3. The molecule has 0 bridgehead atoms. The number of methoxy groups -OCH3 is 2. The third-order valence-corrected chi connectivity index (χ3v) is 4.03. The molecule has 0 amide bonds. The van der Waals surface area contributed by atoms with Crippen molar-refractivity contribution in [2.45, 2.75) is 13.5 Å². The fourth-order valence-electron chi connectivity index (χ4n) is 2.99. The van der Waals surface area contributed by atoms with Gasteiger partial charge in [0.1, 0.15) is 0 Å². The van der Waals surface area contributed by atoms with Crippen LogP contribution < -0.4 is 20.1 Å². The second-order valence-corrected chi connectivity index (χ2v) is 5.12. The molecule has 110 valence electrons. The average Bonchev–Trinajstić information content (AvgIpc) is 2.52. The summed E-state index contributed by atoms with van der Waals surface area (Å²) in [6, 6.07) is 10.2. The van der Waals surface area contributed by atoms with E-state index in [1.807, 2.05) is 18.2 Å². The molecule has 0 aliphatic carbocycles. The number of ether oxygens (including phenoxy) is 2. The Morgan fingerprint density at radius 1 is 1.10 bits per heavy atom. The fourth-order valence-corrected chi connectivity index (χ4v) is 2.99. The minimum atomic E-state index is 0.745. The molecule has 0 atom stereocenters. The maximum Gasteiger partial charge on any atom is 0.161 e. The highest BCUT2D eigenvalue weighted by atomic mass is 16.5. The maximum atomic E-state index is 6.19. The minimum absolute atomic E-state index is 0.745. The molecule has 3 rings (SSSR count). The summed E-state index contributed by atoms with van der Waals surface area (Å²) in [7, 11) is 3.32. The first-order chi connectivity index (χ1) is 10.2. The van der Waals surface area contributed by atoms with Crippen molar-refractivity contribution in [1.82, 2.24) is 0 Å². The van der Waals surface area contributed by atoms with Crippen molar-refractivity contribution in [2.24, 2.45) is 0 Å². The Kier molecular flexibility index (Phi) is 3.37. The first-order valence-electron chi connectivity index (χ1n) is 7.08. The highest BCUT2D eigenvalue weighted by Gasteiger charge is 2.24. The summed E-state index contributed by atoms with van der Waals surface area (Å²) in [5.41, 5.74) is 11.7. The van der Waals surface area contributed by atoms with Crippen molar-refractivity contribution >= 4 is 11.4 Å². The van der Waals surface area contributed by atoms with E-state index in [-0.39, 0.29) is 0 Å². The Morgan fingerprint density at radius 3 is 2.48 bits per heavy atom. The molecule has 0 aromatic heterocycles. The van der Waals surface area contributed by atoms with Crippen molar-refractivity contribution in [2.75, 3.05) is 31.4 Å². The normalized spacial score (nSPS) is 12.6. The Bertz CT molecular complexity index is 683. The molecule has 0 unspecified atom stereocenters. The van der Waals surface area contributed by atoms with E-state index in [2.05, 4.69) is 24.0 Å². The first kappa shape index (κ1) is 13.6. The van der Waals surface area contributed by atoms with Crippen LogP contribution in [0.25, 0.3) is 11.1 Å². The van der Waals surface area contributed by atoms with Crippen LogP contribution in [0.1, 0.15) is 12.5 Å². The standard InChI is InChI=1S/C17H20N2O2/c1-4-19-10-11-8-15(20-2)16(21-3)9-13(11)12-6-5-7-14(18)17(12)19/h5-9H,4,10,18H2,1-3H3. The van der Waals surface area contributed by atoms with Gasteiger partial charge in [-0.05, 0) is 36.2 Å². The second kappa shape index (κ2) is 5.20. The van der Waals surface area contributed by atoms with Gasteiger partial charge in [-0.1, -0.05) is 12.1 Å². The van der Waals surface area contributed by atoms with Crippen molar-refractivity contribution in [1.29, 1.82) is 0 Å². The van der Waals surface area contributed by atoms with E-state index < -0.39 is 0 Å². The summed E-state index contributed by atoms with van der Waals surface area (Å²) in [4.78, 5) is 2.29. The minimum Gasteiger partial charge on any atom is -0.493 e. The number of fused-ring (bicyclic) bond motifs is 3. The number of nitrogens with two attached hydrogens (primary N) is 1. The van der Waals surface area contributed by atoms with Crippen LogP contribution in [0, 0.1) is 0 Å². The van der Waals surface area contributed by atoms with E-state index in [1.165, 1.54) is 11.1 Å². The summed E-state index contributed by atoms with van der Waals surface area (Å²) in [5.74, 6) is 1.51. The van der Waals surface area contributed by atoms with Crippen LogP contribution in [0.15, 0.2) is 30.3 Å². The van der Waals surface area contributed by atoms with Gasteiger partial charge in [0.05, 0.1) is 25.6 Å². The van der Waals surface area contributed by atoms with Gasteiger partial charge in [-0.15, -0.1) is 0 Å². The summed E-state index contributed by atoms with van der Waals surface area (Å²) in [6.45, 7) is 3.88. The molecular formula is C17H20N2O2. The number of benzene rings is 2. The molecular weight excluding hydrogens is 264 g/mol. The predicted molar refractivity (Wildman–Crippen MR) is 86.1 cm³/mol. The van der Waals surface area contributed by atoms with Gasteiger partial charge in [0.25, 0.3) is 0 Å². The largest absolute Gasteiger partial charge is 0.493 e. The summed E-state index contributed by atoms with van der Waals surface area (Å²) in [6.07, 6.45) is 0. The lowest BCUT2D eigenvalue weighted by atomic mass is 9.92. The number of anilines is 2. The Morgan fingerprint density at radius 2 is 1.81 bits per heavy atom. The fraction of sp³-hybridized carbons (Fsp3) is 0.294. The Hall–Kier alpha value is -2.36. The van der Waals surface area contributed by atoms with Crippen molar-refractivity contribution in [3.8, 4) is 22.6 Å². The maximum absolute atomic E-state index is 6.19. The molecule has 21 heavy (non-hydrogen) atoms. The van der Waals surface area contributed by atoms with E-state index in [0.29, 0.717) is 0 Å². The highest BCUT2D eigenvalue weighted by molar-refractivity contribution is 5.91. The van der Waals surface area contributed by atoms with Gasteiger partial charge in [-0.25, -0.2) is 0 Å². The van der Waals surface area contributed by atoms with E-state index in [1.54, 1.807) is 14.2 Å². The van der Waals surface area contributed by atoms with Gasteiger partial charge < -0.3 is 20.1 Å². The van der Waals surface area contributed by atoms with Gasteiger partial charge >= 0.3 is 0 Å². The van der Waals surface area contributed by atoms with Crippen LogP contribution in [0.4, 0.5) is 11.4 Å². The van der Waals surface area contributed by atoms with Gasteiger partial charge in [0.15, 0.2) is 11.5 Å². The topological polar surface area (TPSA) is 47.7 Å². The monoisotopic (exact) mass is 284 g/mol. The quantitative estimate of drug-likeness (QED) is 0.879. The van der Waals surface area contributed by atoms with Crippen molar-refractivity contribution in [3.63, 3.8) is 0 Å².